The summed E-state index contributed by atoms with van der Waals surface area (Å²) in [5, 5.41) is 25.2. The summed E-state index contributed by atoms with van der Waals surface area (Å²) >= 11 is 0. The molecule has 0 bridgehead atoms. The SMILES string of the molecule is NCCCCC(NC(=O)C(CCC(N)=O)NC(=O)C(N)Cc1ccccc1)C(=O)NC(CC(=O)O)C(=O)O. The number of carboxylic acid groups (broad SMARTS) is 2. The van der Waals surface area contributed by atoms with Gasteiger partial charge in [-0.3, -0.25) is 24.0 Å². The molecule has 0 aliphatic carbocycles. The highest BCUT2D eigenvalue weighted by molar-refractivity contribution is 5.94. The van der Waals surface area contributed by atoms with E-state index in [-0.39, 0.29) is 25.7 Å². The Balaban J connectivity index is 3.01. The molecule has 1 rings (SSSR count). The second-order valence-corrected chi connectivity index (χ2v) is 8.71. The minimum atomic E-state index is -1.73. The van der Waals surface area contributed by atoms with Gasteiger partial charge >= 0.3 is 11.9 Å². The Hall–Kier alpha value is -4.04. The monoisotopic (exact) mass is 536 g/mol. The van der Waals surface area contributed by atoms with Gasteiger partial charge in [-0.2, -0.15) is 0 Å². The molecule has 0 spiro atoms. The van der Waals surface area contributed by atoms with Crippen LogP contribution >= 0.6 is 0 Å². The van der Waals surface area contributed by atoms with Gasteiger partial charge in [-0.05, 0) is 44.2 Å². The summed E-state index contributed by atoms with van der Waals surface area (Å²) in [6.45, 7) is 0.301. The van der Waals surface area contributed by atoms with Crippen LogP contribution in [0.1, 0.15) is 44.1 Å². The molecule has 1 aromatic rings. The number of hydrogen-bond donors (Lipinski definition) is 8. The minimum Gasteiger partial charge on any atom is -0.481 e. The number of hydrogen-bond acceptors (Lipinski definition) is 8. The van der Waals surface area contributed by atoms with Crippen molar-refractivity contribution in [2.75, 3.05) is 6.54 Å². The van der Waals surface area contributed by atoms with Gasteiger partial charge in [-0.25, -0.2) is 4.79 Å². The molecule has 0 aliphatic rings. The molecule has 4 unspecified atom stereocenters. The van der Waals surface area contributed by atoms with E-state index in [9.17, 15) is 33.9 Å². The van der Waals surface area contributed by atoms with Crippen LogP contribution in [0.3, 0.4) is 0 Å². The van der Waals surface area contributed by atoms with E-state index in [4.69, 9.17) is 22.3 Å². The van der Waals surface area contributed by atoms with E-state index in [0.717, 1.165) is 5.56 Å². The summed E-state index contributed by atoms with van der Waals surface area (Å²) in [6, 6.07) is 3.64. The van der Waals surface area contributed by atoms with Crippen molar-refractivity contribution in [3.8, 4) is 0 Å². The molecular weight excluding hydrogens is 500 g/mol. The summed E-state index contributed by atoms with van der Waals surface area (Å²) in [7, 11) is 0. The van der Waals surface area contributed by atoms with Crippen LogP contribution in [0, 0.1) is 0 Å². The smallest absolute Gasteiger partial charge is 0.326 e. The third-order valence-electron chi connectivity index (χ3n) is 5.52. The lowest BCUT2D eigenvalue weighted by molar-refractivity contribution is -0.147. The Bertz CT molecular complexity index is 974. The maximum Gasteiger partial charge on any atom is 0.326 e. The summed E-state index contributed by atoms with van der Waals surface area (Å²) in [5.41, 5.74) is 17.5. The van der Waals surface area contributed by atoms with Crippen LogP contribution in [-0.4, -0.2) is 76.5 Å². The molecule has 0 aromatic heterocycles. The fraction of sp³-hybridized carbons (Fsp3) is 0.500. The first-order valence-electron chi connectivity index (χ1n) is 12.1. The van der Waals surface area contributed by atoms with E-state index in [1.807, 2.05) is 0 Å². The quantitative estimate of drug-likeness (QED) is 0.0953. The van der Waals surface area contributed by atoms with E-state index in [1.165, 1.54) is 0 Å². The van der Waals surface area contributed by atoms with Crippen molar-refractivity contribution in [3.05, 3.63) is 35.9 Å². The molecule has 0 radical (unpaired) electrons. The van der Waals surface area contributed by atoms with Gasteiger partial charge in [0.15, 0.2) is 0 Å². The Morgan fingerprint density at radius 1 is 0.789 bits per heavy atom. The summed E-state index contributed by atoms with van der Waals surface area (Å²) in [5.74, 6) is -6.15. The summed E-state index contributed by atoms with van der Waals surface area (Å²) in [4.78, 5) is 72.3. The van der Waals surface area contributed by atoms with Gasteiger partial charge < -0.3 is 43.4 Å². The van der Waals surface area contributed by atoms with Crippen LogP contribution in [0.2, 0.25) is 0 Å². The van der Waals surface area contributed by atoms with Gasteiger partial charge in [0.2, 0.25) is 23.6 Å². The fourth-order valence-electron chi connectivity index (χ4n) is 3.48. The zero-order chi connectivity index (χ0) is 28.7. The highest BCUT2D eigenvalue weighted by atomic mass is 16.4. The van der Waals surface area contributed by atoms with Crippen molar-refractivity contribution in [1.29, 1.82) is 0 Å². The lowest BCUT2D eigenvalue weighted by Crippen LogP contribution is -2.57. The van der Waals surface area contributed by atoms with Crippen molar-refractivity contribution in [2.24, 2.45) is 17.2 Å². The van der Waals surface area contributed by atoms with Crippen molar-refractivity contribution >= 4 is 35.6 Å². The molecule has 0 aliphatic heterocycles. The number of aliphatic carboxylic acids is 2. The van der Waals surface area contributed by atoms with Gasteiger partial charge in [0.25, 0.3) is 0 Å². The number of carbonyl (C=O) groups excluding carboxylic acids is 4. The number of unbranched alkanes of at least 4 members (excludes halogenated alkanes) is 1. The molecule has 38 heavy (non-hydrogen) atoms. The zero-order valence-corrected chi connectivity index (χ0v) is 20.9. The highest BCUT2D eigenvalue weighted by Crippen LogP contribution is 2.07. The zero-order valence-electron chi connectivity index (χ0n) is 20.9. The van der Waals surface area contributed by atoms with Gasteiger partial charge in [0.05, 0.1) is 12.5 Å². The standard InChI is InChI=1S/C24H36N6O8/c25-11-5-4-8-16(22(35)30-18(24(37)38)13-20(32)33)29-23(36)17(9-10-19(27)31)28-21(34)15(26)12-14-6-2-1-3-7-14/h1-3,6-7,15-18H,4-5,8-13,25-26H2,(H2,27,31)(H,28,34)(H,29,36)(H,30,35)(H,32,33)(H,37,38). The average molecular weight is 537 g/mol. The van der Waals surface area contributed by atoms with Crippen molar-refractivity contribution in [3.63, 3.8) is 0 Å². The number of nitrogens with two attached hydrogens (primary N) is 3. The molecule has 210 valence electrons. The average Bonchev–Trinajstić information content (AvgIpc) is 2.85. The molecule has 14 heteroatoms. The second kappa shape index (κ2) is 16.7. The van der Waals surface area contributed by atoms with Gasteiger partial charge in [0.1, 0.15) is 18.1 Å². The number of carbonyl (C=O) groups is 6. The van der Waals surface area contributed by atoms with Gasteiger partial charge in [0, 0.05) is 6.42 Å². The molecule has 14 nitrogen and oxygen atoms in total. The number of amides is 4. The molecule has 11 N–H and O–H groups in total. The van der Waals surface area contributed by atoms with Crippen LogP contribution in [0.4, 0.5) is 0 Å². The molecule has 0 saturated heterocycles. The van der Waals surface area contributed by atoms with Crippen LogP contribution in [0.5, 0.6) is 0 Å². The lowest BCUT2D eigenvalue weighted by atomic mass is 10.0. The maximum absolute atomic E-state index is 13.1. The maximum atomic E-state index is 13.1. The van der Waals surface area contributed by atoms with E-state index in [1.54, 1.807) is 30.3 Å². The van der Waals surface area contributed by atoms with E-state index >= 15 is 0 Å². The van der Waals surface area contributed by atoms with Gasteiger partial charge in [-0.1, -0.05) is 30.3 Å². The Labute approximate surface area is 219 Å². The number of carboxylic acids is 2. The topological polar surface area (TPSA) is 257 Å². The number of rotatable bonds is 18. The molecule has 0 saturated carbocycles. The first-order chi connectivity index (χ1) is 17.9. The number of primary amides is 1. The Kier molecular flexibility index (Phi) is 14.0. The number of benzene rings is 1. The van der Waals surface area contributed by atoms with E-state index in [0.29, 0.717) is 19.4 Å². The fourth-order valence-corrected chi connectivity index (χ4v) is 3.48. The largest absolute Gasteiger partial charge is 0.481 e. The molecule has 0 fully saturated rings. The van der Waals surface area contributed by atoms with Crippen LogP contribution in [0.15, 0.2) is 30.3 Å². The first kappa shape index (κ1) is 32.0. The van der Waals surface area contributed by atoms with Crippen molar-refractivity contribution in [2.45, 2.75) is 69.1 Å². The summed E-state index contributed by atoms with van der Waals surface area (Å²) < 4.78 is 0. The highest BCUT2D eigenvalue weighted by Gasteiger charge is 2.31. The minimum absolute atomic E-state index is 0.0538. The van der Waals surface area contributed by atoms with E-state index < -0.39 is 66.2 Å². The first-order valence-corrected chi connectivity index (χ1v) is 12.1. The molecular formula is C24H36N6O8. The predicted octanol–water partition coefficient (Wildman–Crippen LogP) is -2.04. The van der Waals surface area contributed by atoms with Gasteiger partial charge in [-0.15, -0.1) is 0 Å². The third-order valence-corrected chi connectivity index (χ3v) is 5.52. The van der Waals surface area contributed by atoms with Crippen LogP contribution < -0.4 is 33.2 Å². The second-order valence-electron chi connectivity index (χ2n) is 8.71. The lowest BCUT2D eigenvalue weighted by Gasteiger charge is -2.25. The number of nitrogens with one attached hydrogen (secondary N) is 3. The Morgan fingerprint density at radius 3 is 1.87 bits per heavy atom. The van der Waals surface area contributed by atoms with Crippen molar-refractivity contribution < 1.29 is 39.0 Å². The molecule has 4 atom stereocenters. The molecule has 1 aromatic carbocycles. The van der Waals surface area contributed by atoms with Crippen molar-refractivity contribution in [1.82, 2.24) is 16.0 Å². The molecule has 4 amide bonds. The third kappa shape index (κ3) is 12.3. The van der Waals surface area contributed by atoms with Crippen LogP contribution in [-0.2, 0) is 35.2 Å². The van der Waals surface area contributed by atoms with E-state index in [2.05, 4.69) is 16.0 Å². The van der Waals surface area contributed by atoms with Crippen LogP contribution in [0.25, 0.3) is 0 Å². The Morgan fingerprint density at radius 2 is 1.34 bits per heavy atom. The summed E-state index contributed by atoms with van der Waals surface area (Å²) in [6.07, 6.45) is -0.200. The predicted molar refractivity (Wildman–Crippen MR) is 135 cm³/mol. The molecule has 0 heterocycles. The normalized spacial score (nSPS) is 13.8.